The molecule has 0 aliphatic carbocycles. The molecule has 0 aliphatic rings. The van der Waals surface area contributed by atoms with Crippen LogP contribution < -0.4 is 5.32 Å². The Labute approximate surface area is 100 Å². The Morgan fingerprint density at radius 2 is 2.06 bits per heavy atom. The average Bonchev–Trinajstić information content (AvgIpc) is 2.76. The lowest BCUT2D eigenvalue weighted by Gasteiger charge is -2.01. The Kier molecular flexibility index (Phi) is 3.41. The van der Waals surface area contributed by atoms with Gasteiger partial charge in [0.05, 0.1) is 12.2 Å². The number of hydrogen-bond donors (Lipinski definition) is 1. The van der Waals surface area contributed by atoms with Crippen LogP contribution >= 0.6 is 11.3 Å². The van der Waals surface area contributed by atoms with Gasteiger partial charge in [-0.05, 0) is 39.1 Å². The molecule has 2 aromatic heterocycles. The zero-order valence-electron chi connectivity index (χ0n) is 9.95. The molecule has 2 heterocycles. The number of nitrogens with one attached hydrogen (secondary N) is 1. The lowest BCUT2D eigenvalue weighted by molar-refractivity contribution is 0.666. The molecule has 0 atom stereocenters. The van der Waals surface area contributed by atoms with Gasteiger partial charge in [0.1, 0.15) is 0 Å². The Balaban J connectivity index is 2.11. The monoisotopic (exact) mass is 235 g/mol. The van der Waals surface area contributed by atoms with Crippen molar-refractivity contribution in [2.45, 2.75) is 26.9 Å². The molecular formula is C12H17N3S. The predicted molar refractivity (Wildman–Crippen MR) is 67.9 cm³/mol. The average molecular weight is 235 g/mol. The van der Waals surface area contributed by atoms with E-state index in [1.54, 1.807) is 0 Å². The lowest BCUT2D eigenvalue weighted by Crippen LogP contribution is -2.03. The second kappa shape index (κ2) is 4.80. The molecule has 0 unspecified atom stereocenters. The van der Waals surface area contributed by atoms with Gasteiger partial charge in [0, 0.05) is 22.0 Å². The third kappa shape index (κ3) is 2.51. The molecule has 0 saturated carbocycles. The number of thiophene rings is 1. The topological polar surface area (TPSA) is 29.9 Å². The van der Waals surface area contributed by atoms with E-state index in [1.165, 1.54) is 15.4 Å². The highest BCUT2D eigenvalue weighted by atomic mass is 32.1. The van der Waals surface area contributed by atoms with Crippen molar-refractivity contribution in [3.63, 3.8) is 0 Å². The van der Waals surface area contributed by atoms with Crippen LogP contribution in [0.1, 0.15) is 21.1 Å². The summed E-state index contributed by atoms with van der Waals surface area (Å²) >= 11 is 1.85. The van der Waals surface area contributed by atoms with Crippen LogP contribution in [-0.2, 0) is 13.1 Å². The van der Waals surface area contributed by atoms with Crippen LogP contribution in [0.15, 0.2) is 18.2 Å². The largest absolute Gasteiger partial charge is 0.315 e. The van der Waals surface area contributed by atoms with Crippen molar-refractivity contribution in [2.75, 3.05) is 7.05 Å². The highest BCUT2D eigenvalue weighted by Gasteiger charge is 2.04. The molecule has 1 N–H and O–H groups in total. The van der Waals surface area contributed by atoms with Crippen LogP contribution in [0.3, 0.4) is 0 Å². The van der Waals surface area contributed by atoms with Gasteiger partial charge in [0.15, 0.2) is 0 Å². The van der Waals surface area contributed by atoms with Gasteiger partial charge >= 0.3 is 0 Å². The van der Waals surface area contributed by atoms with Crippen LogP contribution in [0.5, 0.6) is 0 Å². The van der Waals surface area contributed by atoms with E-state index >= 15 is 0 Å². The minimum atomic E-state index is 0.883. The number of aromatic nitrogens is 2. The molecule has 86 valence electrons. The van der Waals surface area contributed by atoms with Crippen molar-refractivity contribution < 1.29 is 0 Å². The molecular weight excluding hydrogens is 218 g/mol. The summed E-state index contributed by atoms with van der Waals surface area (Å²) in [4.78, 5) is 2.73. The van der Waals surface area contributed by atoms with Gasteiger partial charge in [-0.2, -0.15) is 5.10 Å². The second-order valence-corrected chi connectivity index (χ2v) is 5.24. The number of nitrogens with zero attached hydrogens (tertiary/aromatic N) is 2. The highest BCUT2D eigenvalue weighted by Crippen LogP contribution is 2.18. The molecule has 2 aromatic rings. The third-order valence-electron chi connectivity index (χ3n) is 2.48. The Hall–Kier alpha value is -1.13. The Bertz CT molecular complexity index is 470. The number of aryl methyl sites for hydroxylation is 2. The van der Waals surface area contributed by atoms with Crippen molar-refractivity contribution in [3.05, 3.63) is 39.3 Å². The van der Waals surface area contributed by atoms with Gasteiger partial charge in [0.2, 0.25) is 0 Å². The summed E-state index contributed by atoms with van der Waals surface area (Å²) in [7, 11) is 1.97. The molecule has 3 nitrogen and oxygen atoms in total. The SMILES string of the molecule is CNCc1ccc(Cn2nc(C)cc2C)s1. The van der Waals surface area contributed by atoms with E-state index in [9.17, 15) is 0 Å². The van der Waals surface area contributed by atoms with Crippen molar-refractivity contribution in [1.82, 2.24) is 15.1 Å². The molecule has 4 heteroatoms. The summed E-state index contributed by atoms with van der Waals surface area (Å²) in [6.45, 7) is 5.96. The van der Waals surface area contributed by atoms with Gasteiger partial charge in [-0.15, -0.1) is 11.3 Å². The van der Waals surface area contributed by atoms with Crippen LogP contribution in [-0.4, -0.2) is 16.8 Å². The van der Waals surface area contributed by atoms with E-state index in [0.29, 0.717) is 0 Å². The minimum Gasteiger partial charge on any atom is -0.315 e. The molecule has 0 aliphatic heterocycles. The molecule has 0 amide bonds. The zero-order chi connectivity index (χ0) is 11.5. The van der Waals surface area contributed by atoms with Crippen molar-refractivity contribution >= 4 is 11.3 Å². The smallest absolute Gasteiger partial charge is 0.0755 e. The fourth-order valence-electron chi connectivity index (χ4n) is 1.76. The molecule has 0 saturated heterocycles. The fourth-order valence-corrected chi connectivity index (χ4v) is 2.77. The Morgan fingerprint density at radius 1 is 1.31 bits per heavy atom. The summed E-state index contributed by atoms with van der Waals surface area (Å²) < 4.78 is 2.06. The molecule has 0 aromatic carbocycles. The van der Waals surface area contributed by atoms with E-state index in [2.05, 4.69) is 40.2 Å². The maximum Gasteiger partial charge on any atom is 0.0755 e. The summed E-state index contributed by atoms with van der Waals surface area (Å²) in [5.41, 5.74) is 2.31. The Morgan fingerprint density at radius 3 is 2.69 bits per heavy atom. The molecule has 16 heavy (non-hydrogen) atoms. The maximum atomic E-state index is 4.47. The molecule has 0 fully saturated rings. The molecule has 0 bridgehead atoms. The molecule has 2 rings (SSSR count). The quantitative estimate of drug-likeness (QED) is 0.881. The first-order valence-electron chi connectivity index (χ1n) is 5.42. The predicted octanol–water partition coefficient (Wildman–Crippen LogP) is 2.33. The fraction of sp³-hybridized carbons (Fsp3) is 0.417. The first kappa shape index (κ1) is 11.4. The van der Waals surface area contributed by atoms with Gasteiger partial charge in [-0.3, -0.25) is 4.68 Å². The molecule has 0 spiro atoms. The summed E-state index contributed by atoms with van der Waals surface area (Å²) in [5, 5.41) is 7.63. The van der Waals surface area contributed by atoms with Gasteiger partial charge in [-0.25, -0.2) is 0 Å². The van der Waals surface area contributed by atoms with Crippen molar-refractivity contribution in [3.8, 4) is 0 Å². The normalized spacial score (nSPS) is 10.9. The van der Waals surface area contributed by atoms with E-state index in [0.717, 1.165) is 18.8 Å². The van der Waals surface area contributed by atoms with Crippen LogP contribution in [0.2, 0.25) is 0 Å². The van der Waals surface area contributed by atoms with Gasteiger partial charge in [-0.1, -0.05) is 0 Å². The molecule has 0 radical (unpaired) electrons. The first-order chi connectivity index (χ1) is 7.69. The summed E-state index contributed by atoms with van der Waals surface area (Å²) in [5.74, 6) is 0. The van der Waals surface area contributed by atoms with Crippen LogP contribution in [0.4, 0.5) is 0 Å². The van der Waals surface area contributed by atoms with Crippen LogP contribution in [0, 0.1) is 13.8 Å². The highest BCUT2D eigenvalue weighted by molar-refractivity contribution is 7.11. The standard InChI is InChI=1S/C12H17N3S/c1-9-6-10(2)15(14-9)8-12-5-4-11(16-12)7-13-3/h4-6,13H,7-8H2,1-3H3. The number of rotatable bonds is 4. The van der Waals surface area contributed by atoms with E-state index < -0.39 is 0 Å². The second-order valence-electron chi connectivity index (χ2n) is 3.98. The van der Waals surface area contributed by atoms with Crippen molar-refractivity contribution in [1.29, 1.82) is 0 Å². The van der Waals surface area contributed by atoms with E-state index in [-0.39, 0.29) is 0 Å². The van der Waals surface area contributed by atoms with E-state index in [1.807, 2.05) is 25.3 Å². The van der Waals surface area contributed by atoms with Crippen molar-refractivity contribution in [2.24, 2.45) is 0 Å². The lowest BCUT2D eigenvalue weighted by atomic mass is 10.4. The van der Waals surface area contributed by atoms with Crippen LogP contribution in [0.25, 0.3) is 0 Å². The van der Waals surface area contributed by atoms with E-state index in [4.69, 9.17) is 0 Å². The maximum absolute atomic E-state index is 4.47. The minimum absolute atomic E-state index is 0.883. The summed E-state index contributed by atoms with van der Waals surface area (Å²) in [6, 6.07) is 6.48. The summed E-state index contributed by atoms with van der Waals surface area (Å²) in [6.07, 6.45) is 0. The third-order valence-corrected chi connectivity index (χ3v) is 3.55. The van der Waals surface area contributed by atoms with Gasteiger partial charge in [0.25, 0.3) is 0 Å². The number of hydrogen-bond acceptors (Lipinski definition) is 3. The first-order valence-corrected chi connectivity index (χ1v) is 6.24. The zero-order valence-corrected chi connectivity index (χ0v) is 10.8. The van der Waals surface area contributed by atoms with Gasteiger partial charge < -0.3 is 5.32 Å².